The third kappa shape index (κ3) is 4.38. The number of nitrogens with zero attached hydrogens (tertiary/aromatic N) is 2. The molecule has 1 aliphatic rings. The first-order valence-corrected chi connectivity index (χ1v) is 10.8. The van der Waals surface area contributed by atoms with Gasteiger partial charge in [-0.1, -0.05) is 12.1 Å². The Morgan fingerprint density at radius 2 is 1.93 bits per heavy atom. The van der Waals surface area contributed by atoms with Gasteiger partial charge in [0, 0.05) is 23.7 Å². The van der Waals surface area contributed by atoms with E-state index in [0.29, 0.717) is 17.2 Å². The summed E-state index contributed by atoms with van der Waals surface area (Å²) in [6.45, 7) is 5.25. The van der Waals surface area contributed by atoms with E-state index in [1.165, 1.54) is 16.6 Å². The van der Waals surface area contributed by atoms with Crippen molar-refractivity contribution in [3.63, 3.8) is 0 Å². The van der Waals surface area contributed by atoms with Gasteiger partial charge in [-0.3, -0.25) is 14.5 Å². The van der Waals surface area contributed by atoms with E-state index in [0.717, 1.165) is 31.4 Å². The van der Waals surface area contributed by atoms with Gasteiger partial charge in [0.15, 0.2) is 5.78 Å². The summed E-state index contributed by atoms with van der Waals surface area (Å²) in [6, 6.07) is 15.1. The molecule has 4 rings (SSSR count). The third-order valence-electron chi connectivity index (χ3n) is 5.60. The highest BCUT2D eigenvalue weighted by Crippen LogP contribution is 2.33. The third-order valence-corrected chi connectivity index (χ3v) is 6.80. The van der Waals surface area contributed by atoms with E-state index in [4.69, 9.17) is 4.98 Å². The lowest BCUT2D eigenvalue weighted by atomic mass is 9.97. The molecule has 0 radical (unpaired) electrons. The summed E-state index contributed by atoms with van der Waals surface area (Å²) in [5, 5.41) is 4.15. The minimum atomic E-state index is -0.223. The van der Waals surface area contributed by atoms with Crippen molar-refractivity contribution < 1.29 is 9.59 Å². The lowest BCUT2D eigenvalue weighted by Crippen LogP contribution is -2.46. The fourth-order valence-electron chi connectivity index (χ4n) is 3.83. The number of hydrogen-bond acceptors (Lipinski definition) is 5. The largest absolute Gasteiger partial charge is 0.325 e. The summed E-state index contributed by atoms with van der Waals surface area (Å²) in [4.78, 5) is 31.3. The van der Waals surface area contributed by atoms with Gasteiger partial charge in [0.25, 0.3) is 0 Å². The molecular formula is C23H25N3O2S. The molecule has 5 nitrogen and oxygen atoms in total. The molecule has 1 saturated heterocycles. The van der Waals surface area contributed by atoms with Crippen molar-refractivity contribution in [3.05, 3.63) is 59.1 Å². The molecule has 0 spiro atoms. The minimum absolute atomic E-state index is 0.0189. The second-order valence-electron chi connectivity index (χ2n) is 7.65. The van der Waals surface area contributed by atoms with Crippen LogP contribution in [0.1, 0.15) is 48.0 Å². The van der Waals surface area contributed by atoms with Crippen LogP contribution < -0.4 is 5.32 Å². The summed E-state index contributed by atoms with van der Waals surface area (Å²) in [5.74, 6) is 0.363. The number of aromatic nitrogens is 1. The number of likely N-dealkylation sites (tertiary alicyclic amines) is 1. The van der Waals surface area contributed by atoms with E-state index in [1.807, 2.05) is 19.1 Å². The number of hydrogen-bond donors (Lipinski definition) is 1. The highest BCUT2D eigenvalue weighted by Gasteiger charge is 2.29. The zero-order valence-electron chi connectivity index (χ0n) is 16.7. The van der Waals surface area contributed by atoms with Crippen molar-refractivity contribution in [2.45, 2.75) is 38.6 Å². The molecule has 2 atom stereocenters. The van der Waals surface area contributed by atoms with E-state index in [2.05, 4.69) is 22.3 Å². The first-order valence-electron chi connectivity index (χ1n) is 10.0. The van der Waals surface area contributed by atoms with Crippen LogP contribution in [-0.2, 0) is 4.79 Å². The van der Waals surface area contributed by atoms with Gasteiger partial charge in [0.2, 0.25) is 5.91 Å². The maximum atomic E-state index is 12.8. The predicted octanol–water partition coefficient (Wildman–Crippen LogP) is 4.71. The molecule has 1 aliphatic heterocycles. The Kier molecular flexibility index (Phi) is 5.74. The molecule has 150 valence electrons. The van der Waals surface area contributed by atoms with E-state index in [-0.39, 0.29) is 17.7 Å². The fourth-order valence-corrected chi connectivity index (χ4v) is 4.92. The van der Waals surface area contributed by atoms with Gasteiger partial charge in [-0.2, -0.15) is 0 Å². The standard InChI is InChI=1S/C23H25N3O2S/c1-15(22(28)24-19-11-9-17(10-12-19)16(2)27)26-13-5-6-18(14-26)23-25-20-7-3-4-8-21(20)29-23/h3-4,7-12,15,18H,5-6,13-14H2,1-2H3,(H,24,28)/t15-,18-/m0/s1. The Morgan fingerprint density at radius 3 is 2.66 bits per heavy atom. The van der Waals surface area contributed by atoms with Crippen molar-refractivity contribution in [2.75, 3.05) is 18.4 Å². The predicted molar refractivity (Wildman–Crippen MR) is 118 cm³/mol. The molecule has 2 aromatic carbocycles. The molecule has 3 aromatic rings. The SMILES string of the molecule is CC(=O)c1ccc(NC(=O)[C@H](C)N2CCC[C@H](c3nc4ccccc4s3)C2)cc1. The maximum Gasteiger partial charge on any atom is 0.241 e. The summed E-state index contributed by atoms with van der Waals surface area (Å²) in [5.41, 5.74) is 2.42. The van der Waals surface area contributed by atoms with Crippen LogP contribution in [0.4, 0.5) is 5.69 Å². The van der Waals surface area contributed by atoms with Crippen LogP contribution in [0.25, 0.3) is 10.2 Å². The van der Waals surface area contributed by atoms with Gasteiger partial charge in [-0.05, 0) is 69.6 Å². The molecule has 1 N–H and O–H groups in total. The van der Waals surface area contributed by atoms with Crippen LogP contribution >= 0.6 is 11.3 Å². The van der Waals surface area contributed by atoms with E-state index < -0.39 is 0 Å². The quantitative estimate of drug-likeness (QED) is 0.623. The second-order valence-corrected chi connectivity index (χ2v) is 8.71. The Hall–Kier alpha value is -2.57. The number of anilines is 1. The van der Waals surface area contributed by atoms with Gasteiger partial charge in [0.05, 0.1) is 21.3 Å². The van der Waals surface area contributed by atoms with Crippen LogP contribution in [0, 0.1) is 0 Å². The van der Waals surface area contributed by atoms with E-state index in [9.17, 15) is 9.59 Å². The molecule has 0 bridgehead atoms. The summed E-state index contributed by atoms with van der Waals surface area (Å²) in [7, 11) is 0. The maximum absolute atomic E-state index is 12.8. The smallest absolute Gasteiger partial charge is 0.241 e. The number of carbonyl (C=O) groups is 2. The molecule has 6 heteroatoms. The van der Waals surface area contributed by atoms with Gasteiger partial charge >= 0.3 is 0 Å². The molecule has 1 amide bonds. The molecule has 2 heterocycles. The highest BCUT2D eigenvalue weighted by atomic mass is 32.1. The average molecular weight is 408 g/mol. The number of benzene rings is 2. The second kappa shape index (κ2) is 8.43. The number of nitrogens with one attached hydrogen (secondary N) is 1. The zero-order chi connectivity index (χ0) is 20.4. The summed E-state index contributed by atoms with van der Waals surface area (Å²) in [6.07, 6.45) is 2.17. The Balaban J connectivity index is 1.41. The van der Waals surface area contributed by atoms with Crippen LogP contribution in [0.15, 0.2) is 48.5 Å². The van der Waals surface area contributed by atoms with Crippen molar-refractivity contribution in [3.8, 4) is 0 Å². The van der Waals surface area contributed by atoms with Crippen molar-refractivity contribution in [1.82, 2.24) is 9.88 Å². The van der Waals surface area contributed by atoms with Gasteiger partial charge < -0.3 is 5.32 Å². The fraction of sp³-hybridized carbons (Fsp3) is 0.348. The normalized spacial score (nSPS) is 18.5. The first kappa shape index (κ1) is 19.7. The monoisotopic (exact) mass is 407 g/mol. The van der Waals surface area contributed by atoms with Crippen LogP contribution in [-0.4, -0.2) is 40.7 Å². The molecule has 0 aliphatic carbocycles. The van der Waals surface area contributed by atoms with Crippen LogP contribution in [0.2, 0.25) is 0 Å². The van der Waals surface area contributed by atoms with Gasteiger partial charge in [0.1, 0.15) is 0 Å². The molecule has 29 heavy (non-hydrogen) atoms. The molecule has 0 unspecified atom stereocenters. The summed E-state index contributed by atoms with van der Waals surface area (Å²) < 4.78 is 1.22. The number of rotatable bonds is 5. The summed E-state index contributed by atoms with van der Waals surface area (Å²) >= 11 is 1.77. The number of fused-ring (bicyclic) bond motifs is 1. The lowest BCUT2D eigenvalue weighted by molar-refractivity contribution is -0.121. The number of amides is 1. The van der Waals surface area contributed by atoms with E-state index in [1.54, 1.807) is 35.6 Å². The first-order chi connectivity index (χ1) is 14.0. The number of Topliss-reactive ketones (excluding diaryl/α,β-unsaturated/α-hetero) is 1. The number of carbonyl (C=O) groups excluding carboxylic acids is 2. The molecule has 1 fully saturated rings. The number of para-hydroxylation sites is 1. The lowest BCUT2D eigenvalue weighted by Gasteiger charge is -2.35. The van der Waals surface area contributed by atoms with E-state index >= 15 is 0 Å². The van der Waals surface area contributed by atoms with Crippen LogP contribution in [0.3, 0.4) is 0 Å². The van der Waals surface area contributed by atoms with Gasteiger partial charge in [-0.15, -0.1) is 11.3 Å². The Bertz CT molecular complexity index is 995. The Labute approximate surface area is 174 Å². The van der Waals surface area contributed by atoms with Crippen molar-refractivity contribution >= 4 is 38.9 Å². The molecular weight excluding hydrogens is 382 g/mol. The highest BCUT2D eigenvalue weighted by molar-refractivity contribution is 7.18. The average Bonchev–Trinajstić information content (AvgIpc) is 3.18. The van der Waals surface area contributed by atoms with Crippen molar-refractivity contribution in [2.24, 2.45) is 0 Å². The molecule has 1 aromatic heterocycles. The number of ketones is 1. The number of thiazole rings is 1. The van der Waals surface area contributed by atoms with Crippen molar-refractivity contribution in [1.29, 1.82) is 0 Å². The topological polar surface area (TPSA) is 62.3 Å². The molecule has 0 saturated carbocycles. The number of piperidine rings is 1. The van der Waals surface area contributed by atoms with Gasteiger partial charge in [-0.25, -0.2) is 4.98 Å². The Morgan fingerprint density at radius 1 is 1.17 bits per heavy atom. The van der Waals surface area contributed by atoms with Crippen LogP contribution in [0.5, 0.6) is 0 Å². The zero-order valence-corrected chi connectivity index (χ0v) is 17.5. The minimum Gasteiger partial charge on any atom is -0.325 e.